The standard InChI is InChI=1S/C25H36N2O4/c1-16(28)30-15-25-11-7-18(27-31-19-9-12-26-14-19)13-17(25)3-4-20-21-5-6-23(29)24(21,2)10-8-22(20)25/h13,19-22,26H,3-12,14-15H2,1-2H3/b27-18-. The third kappa shape index (κ3) is 3.55. The predicted molar refractivity (Wildman–Crippen MR) is 117 cm³/mol. The van der Waals surface area contributed by atoms with Gasteiger partial charge in [-0.15, -0.1) is 0 Å². The van der Waals surface area contributed by atoms with Crippen LogP contribution < -0.4 is 5.32 Å². The topological polar surface area (TPSA) is 77.0 Å². The summed E-state index contributed by atoms with van der Waals surface area (Å²) in [6.45, 7) is 6.05. The quantitative estimate of drug-likeness (QED) is 0.544. The maximum Gasteiger partial charge on any atom is 0.302 e. The number of hydrogen-bond donors (Lipinski definition) is 1. The van der Waals surface area contributed by atoms with Gasteiger partial charge in [0.25, 0.3) is 0 Å². The monoisotopic (exact) mass is 428 g/mol. The molecule has 0 radical (unpaired) electrons. The number of ether oxygens (including phenoxy) is 1. The Morgan fingerprint density at radius 2 is 2.03 bits per heavy atom. The van der Waals surface area contributed by atoms with E-state index in [0.29, 0.717) is 30.1 Å². The Labute approximate surface area is 185 Å². The van der Waals surface area contributed by atoms with E-state index in [9.17, 15) is 9.59 Å². The molecule has 0 spiro atoms. The summed E-state index contributed by atoms with van der Waals surface area (Å²) in [5.74, 6) is 1.80. The molecule has 170 valence electrons. The molecule has 4 fully saturated rings. The Morgan fingerprint density at radius 1 is 1.16 bits per heavy atom. The van der Waals surface area contributed by atoms with Crippen molar-refractivity contribution in [2.75, 3.05) is 19.7 Å². The van der Waals surface area contributed by atoms with Crippen LogP contribution >= 0.6 is 0 Å². The highest BCUT2D eigenvalue weighted by atomic mass is 16.6. The zero-order valence-corrected chi connectivity index (χ0v) is 19.0. The van der Waals surface area contributed by atoms with Gasteiger partial charge in [0.15, 0.2) is 0 Å². The number of fused-ring (bicyclic) bond motifs is 5. The van der Waals surface area contributed by atoms with Crippen LogP contribution in [0.25, 0.3) is 0 Å². The first-order valence-corrected chi connectivity index (χ1v) is 12.2. The second-order valence-electron chi connectivity index (χ2n) is 10.7. The fourth-order valence-corrected chi connectivity index (χ4v) is 7.58. The lowest BCUT2D eigenvalue weighted by atomic mass is 9.47. The molecule has 4 aliphatic carbocycles. The molecule has 1 aliphatic heterocycles. The third-order valence-electron chi connectivity index (χ3n) is 9.28. The number of Topliss-reactive ketones (excluding diaryl/α,β-unsaturated/α-hetero) is 1. The maximum atomic E-state index is 12.7. The summed E-state index contributed by atoms with van der Waals surface area (Å²) in [7, 11) is 0. The van der Waals surface area contributed by atoms with E-state index in [4.69, 9.17) is 9.57 Å². The minimum atomic E-state index is -0.205. The SMILES string of the molecule is CC(=O)OCC12CC/C(=N/OC3CCNC3)C=C1CCC1C3CCC(=O)C3(C)CCC12. The van der Waals surface area contributed by atoms with Crippen LogP contribution in [0.4, 0.5) is 0 Å². The molecule has 3 saturated carbocycles. The second-order valence-corrected chi connectivity index (χ2v) is 10.7. The zero-order valence-electron chi connectivity index (χ0n) is 19.0. The van der Waals surface area contributed by atoms with E-state index in [-0.39, 0.29) is 22.9 Å². The first-order chi connectivity index (χ1) is 14.9. The average molecular weight is 429 g/mol. The maximum absolute atomic E-state index is 12.7. The molecule has 1 N–H and O–H groups in total. The molecular formula is C25H36N2O4. The number of nitrogens with zero attached hydrogens (tertiary/aromatic N) is 1. The number of rotatable bonds is 4. The lowest BCUT2D eigenvalue weighted by Crippen LogP contribution is -2.53. The molecule has 0 aromatic carbocycles. The van der Waals surface area contributed by atoms with Crippen molar-refractivity contribution in [1.82, 2.24) is 5.32 Å². The van der Waals surface area contributed by atoms with E-state index in [1.54, 1.807) is 0 Å². The zero-order chi connectivity index (χ0) is 21.6. The number of hydrogen-bond acceptors (Lipinski definition) is 6. The highest BCUT2D eigenvalue weighted by molar-refractivity contribution is 5.96. The molecule has 31 heavy (non-hydrogen) atoms. The number of oxime groups is 1. The van der Waals surface area contributed by atoms with E-state index in [2.05, 4.69) is 23.5 Å². The van der Waals surface area contributed by atoms with Gasteiger partial charge >= 0.3 is 5.97 Å². The number of esters is 1. The summed E-state index contributed by atoms with van der Waals surface area (Å²) in [5.41, 5.74) is 2.18. The Hall–Kier alpha value is -1.69. The molecule has 1 saturated heterocycles. The number of carbonyl (C=O) groups excluding carboxylic acids is 2. The van der Waals surface area contributed by atoms with Crippen molar-refractivity contribution in [1.29, 1.82) is 0 Å². The van der Waals surface area contributed by atoms with E-state index in [0.717, 1.165) is 76.6 Å². The lowest BCUT2D eigenvalue weighted by molar-refractivity contribution is -0.149. The van der Waals surface area contributed by atoms with Gasteiger partial charge < -0.3 is 14.9 Å². The van der Waals surface area contributed by atoms with Gasteiger partial charge in [0.2, 0.25) is 0 Å². The average Bonchev–Trinajstić information content (AvgIpc) is 3.38. The summed E-state index contributed by atoms with van der Waals surface area (Å²) in [6.07, 6.45) is 11.2. The van der Waals surface area contributed by atoms with Gasteiger partial charge in [-0.2, -0.15) is 0 Å². The Kier molecular flexibility index (Phi) is 5.48. The van der Waals surface area contributed by atoms with E-state index in [1.165, 1.54) is 12.5 Å². The summed E-state index contributed by atoms with van der Waals surface area (Å²) in [6, 6.07) is 0. The minimum Gasteiger partial charge on any atom is -0.465 e. The molecule has 0 amide bonds. The van der Waals surface area contributed by atoms with E-state index < -0.39 is 0 Å². The molecule has 1 heterocycles. The van der Waals surface area contributed by atoms with Gasteiger partial charge in [0.1, 0.15) is 18.5 Å². The smallest absolute Gasteiger partial charge is 0.302 e. The Morgan fingerprint density at radius 3 is 2.81 bits per heavy atom. The first-order valence-electron chi connectivity index (χ1n) is 12.2. The Balaban J connectivity index is 1.42. The van der Waals surface area contributed by atoms with Crippen molar-refractivity contribution >= 4 is 17.5 Å². The van der Waals surface area contributed by atoms with Crippen LogP contribution in [0.1, 0.15) is 71.6 Å². The Bertz CT molecular complexity index is 814. The van der Waals surface area contributed by atoms with Crippen LogP contribution in [0.3, 0.4) is 0 Å². The lowest BCUT2D eigenvalue weighted by Gasteiger charge is -2.57. The van der Waals surface area contributed by atoms with Gasteiger partial charge in [-0.25, -0.2) is 0 Å². The predicted octanol–water partition coefficient (Wildman–Crippen LogP) is 3.80. The molecule has 6 heteroatoms. The molecule has 6 nitrogen and oxygen atoms in total. The number of nitrogens with one attached hydrogen (secondary N) is 1. The van der Waals surface area contributed by atoms with Crippen molar-refractivity contribution in [2.24, 2.45) is 33.7 Å². The van der Waals surface area contributed by atoms with Crippen molar-refractivity contribution in [2.45, 2.75) is 77.7 Å². The molecule has 5 rings (SSSR count). The fourth-order valence-electron chi connectivity index (χ4n) is 7.58. The van der Waals surface area contributed by atoms with E-state index in [1.807, 2.05) is 0 Å². The van der Waals surface area contributed by atoms with Gasteiger partial charge in [-0.1, -0.05) is 17.7 Å². The summed E-state index contributed by atoms with van der Waals surface area (Å²) in [4.78, 5) is 30.3. The molecule has 0 bridgehead atoms. The minimum absolute atomic E-state index is 0.102. The molecular weight excluding hydrogens is 392 g/mol. The van der Waals surface area contributed by atoms with Crippen LogP contribution in [-0.4, -0.2) is 43.3 Å². The molecule has 6 atom stereocenters. The van der Waals surface area contributed by atoms with Crippen molar-refractivity contribution in [3.63, 3.8) is 0 Å². The fraction of sp³-hybridized carbons (Fsp3) is 0.800. The summed E-state index contributed by atoms with van der Waals surface area (Å²) in [5, 5.41) is 7.82. The van der Waals surface area contributed by atoms with Gasteiger partial charge in [0.05, 0.1) is 5.71 Å². The molecule has 6 unspecified atom stereocenters. The van der Waals surface area contributed by atoms with Crippen LogP contribution in [0.15, 0.2) is 16.8 Å². The van der Waals surface area contributed by atoms with Crippen molar-refractivity contribution < 1.29 is 19.2 Å². The highest BCUT2D eigenvalue weighted by Gasteiger charge is 2.60. The van der Waals surface area contributed by atoms with Crippen molar-refractivity contribution in [3.8, 4) is 0 Å². The van der Waals surface area contributed by atoms with Crippen molar-refractivity contribution in [3.05, 3.63) is 11.6 Å². The summed E-state index contributed by atoms with van der Waals surface area (Å²) >= 11 is 0. The van der Waals surface area contributed by atoms with Gasteiger partial charge in [-0.3, -0.25) is 9.59 Å². The van der Waals surface area contributed by atoms with Crippen LogP contribution in [0, 0.1) is 28.6 Å². The van der Waals surface area contributed by atoms with Gasteiger partial charge in [-0.05, 0) is 75.3 Å². The van der Waals surface area contributed by atoms with Crippen LogP contribution in [-0.2, 0) is 19.2 Å². The third-order valence-corrected chi connectivity index (χ3v) is 9.28. The molecule has 0 aromatic heterocycles. The highest BCUT2D eigenvalue weighted by Crippen LogP contribution is 2.64. The van der Waals surface area contributed by atoms with E-state index >= 15 is 0 Å². The number of carbonyl (C=O) groups is 2. The number of ketones is 1. The van der Waals surface area contributed by atoms with Crippen LogP contribution in [0.2, 0.25) is 0 Å². The molecule has 0 aromatic rings. The first kappa shape index (κ1) is 21.2. The van der Waals surface area contributed by atoms with Gasteiger partial charge in [0, 0.05) is 37.1 Å². The normalized spacial score (nSPS) is 43.1. The molecule has 5 aliphatic rings. The largest absolute Gasteiger partial charge is 0.465 e. The van der Waals surface area contributed by atoms with Crippen LogP contribution in [0.5, 0.6) is 0 Å². The summed E-state index contributed by atoms with van der Waals surface area (Å²) < 4.78 is 5.70. The number of allylic oxidation sites excluding steroid dienone is 1. The second kappa shape index (κ2) is 8.02.